The molecule has 0 saturated heterocycles. The van der Waals surface area contributed by atoms with Crippen LogP contribution in [0.3, 0.4) is 0 Å². The molecule has 1 N–H and O–H groups in total. The summed E-state index contributed by atoms with van der Waals surface area (Å²) < 4.78 is 1.04. The normalized spacial score (nSPS) is 10.5. The van der Waals surface area contributed by atoms with Gasteiger partial charge in [-0.05, 0) is 58.5 Å². The Kier molecular flexibility index (Phi) is 4.59. The molecular formula is C16H19BrN2. The van der Waals surface area contributed by atoms with Gasteiger partial charge in [-0.25, -0.2) is 4.98 Å². The number of aryl methyl sites for hydroxylation is 3. The zero-order chi connectivity index (χ0) is 13.8. The Bertz CT molecular complexity index is 557. The molecule has 1 heterocycles. The molecule has 2 rings (SSSR count). The zero-order valence-corrected chi connectivity index (χ0v) is 13.2. The summed E-state index contributed by atoms with van der Waals surface area (Å²) in [6.07, 6.45) is 3.88. The van der Waals surface area contributed by atoms with Gasteiger partial charge in [-0.15, -0.1) is 0 Å². The maximum absolute atomic E-state index is 4.43. The third-order valence-corrected chi connectivity index (χ3v) is 4.13. The minimum Gasteiger partial charge on any atom is -0.340 e. The van der Waals surface area contributed by atoms with Crippen LogP contribution >= 0.6 is 15.9 Å². The Hall–Kier alpha value is -1.35. The summed E-state index contributed by atoms with van der Waals surface area (Å²) in [6, 6.07) is 8.54. The number of benzene rings is 1. The monoisotopic (exact) mass is 318 g/mol. The highest BCUT2D eigenvalue weighted by Crippen LogP contribution is 2.27. The van der Waals surface area contributed by atoms with Crippen LogP contribution in [0.4, 0.5) is 11.5 Å². The number of hydrogen-bond acceptors (Lipinski definition) is 2. The van der Waals surface area contributed by atoms with Gasteiger partial charge in [0.15, 0.2) is 0 Å². The van der Waals surface area contributed by atoms with Crippen LogP contribution in [0.1, 0.15) is 30.5 Å². The lowest BCUT2D eigenvalue weighted by Gasteiger charge is -2.15. The van der Waals surface area contributed by atoms with Gasteiger partial charge >= 0.3 is 0 Å². The molecule has 100 valence electrons. The fourth-order valence-corrected chi connectivity index (χ4v) is 2.36. The summed E-state index contributed by atoms with van der Waals surface area (Å²) in [5.41, 5.74) is 5.06. The number of halogens is 1. The molecule has 2 nitrogen and oxygen atoms in total. The summed E-state index contributed by atoms with van der Waals surface area (Å²) in [6.45, 7) is 6.43. The number of nitrogens with one attached hydrogen (secondary N) is 1. The molecule has 0 fully saturated rings. The third kappa shape index (κ3) is 3.16. The van der Waals surface area contributed by atoms with Crippen LogP contribution in [0.5, 0.6) is 0 Å². The van der Waals surface area contributed by atoms with E-state index in [-0.39, 0.29) is 0 Å². The number of para-hydroxylation sites is 1. The van der Waals surface area contributed by atoms with Crippen LogP contribution in [-0.2, 0) is 12.8 Å². The van der Waals surface area contributed by atoms with E-state index in [0.29, 0.717) is 0 Å². The number of aromatic nitrogens is 1. The summed E-state index contributed by atoms with van der Waals surface area (Å²) in [7, 11) is 0. The Morgan fingerprint density at radius 1 is 1.16 bits per heavy atom. The van der Waals surface area contributed by atoms with Gasteiger partial charge in [0.1, 0.15) is 5.82 Å². The van der Waals surface area contributed by atoms with Crippen LogP contribution in [0.2, 0.25) is 0 Å². The van der Waals surface area contributed by atoms with Gasteiger partial charge < -0.3 is 5.32 Å². The van der Waals surface area contributed by atoms with Gasteiger partial charge in [-0.2, -0.15) is 0 Å². The van der Waals surface area contributed by atoms with Crippen LogP contribution in [-0.4, -0.2) is 4.98 Å². The highest BCUT2D eigenvalue weighted by atomic mass is 79.9. The lowest BCUT2D eigenvalue weighted by molar-refractivity contribution is 1.08. The first-order valence-electron chi connectivity index (χ1n) is 6.65. The summed E-state index contributed by atoms with van der Waals surface area (Å²) in [5.74, 6) is 0.899. The maximum atomic E-state index is 4.43. The molecule has 0 aliphatic rings. The maximum Gasteiger partial charge on any atom is 0.130 e. The van der Waals surface area contributed by atoms with E-state index in [9.17, 15) is 0 Å². The van der Waals surface area contributed by atoms with Crippen LogP contribution in [0, 0.1) is 6.92 Å². The molecule has 0 aliphatic heterocycles. The number of hydrogen-bond donors (Lipinski definition) is 1. The Labute approximate surface area is 123 Å². The number of rotatable bonds is 4. The van der Waals surface area contributed by atoms with Gasteiger partial charge in [0.05, 0.1) is 0 Å². The van der Waals surface area contributed by atoms with E-state index in [1.807, 2.05) is 6.20 Å². The minimum absolute atomic E-state index is 0.899. The quantitative estimate of drug-likeness (QED) is 0.856. The van der Waals surface area contributed by atoms with Crippen molar-refractivity contribution in [3.05, 3.63) is 51.6 Å². The second kappa shape index (κ2) is 6.20. The van der Waals surface area contributed by atoms with E-state index in [1.165, 1.54) is 22.4 Å². The Balaban J connectivity index is 2.39. The lowest BCUT2D eigenvalue weighted by atomic mass is 10.0. The van der Waals surface area contributed by atoms with Crippen molar-refractivity contribution in [1.82, 2.24) is 4.98 Å². The highest BCUT2D eigenvalue weighted by Gasteiger charge is 2.07. The topological polar surface area (TPSA) is 24.9 Å². The Morgan fingerprint density at radius 2 is 1.79 bits per heavy atom. The van der Waals surface area contributed by atoms with E-state index in [0.717, 1.165) is 23.1 Å². The molecule has 0 atom stereocenters. The van der Waals surface area contributed by atoms with Gasteiger partial charge in [0.25, 0.3) is 0 Å². The molecule has 0 amide bonds. The smallest absolute Gasteiger partial charge is 0.130 e. The molecule has 2 aromatic rings. The van der Waals surface area contributed by atoms with Crippen molar-refractivity contribution in [2.45, 2.75) is 33.6 Å². The zero-order valence-electron chi connectivity index (χ0n) is 11.6. The predicted molar refractivity (Wildman–Crippen MR) is 85.2 cm³/mol. The van der Waals surface area contributed by atoms with Crippen LogP contribution < -0.4 is 5.32 Å². The molecule has 1 aromatic carbocycles. The molecule has 0 unspecified atom stereocenters. The van der Waals surface area contributed by atoms with E-state index < -0.39 is 0 Å². The van der Waals surface area contributed by atoms with Gasteiger partial charge in [0.2, 0.25) is 0 Å². The number of nitrogens with zero attached hydrogens (tertiary/aromatic N) is 1. The first kappa shape index (κ1) is 14.1. The summed E-state index contributed by atoms with van der Waals surface area (Å²) >= 11 is 3.48. The first-order valence-corrected chi connectivity index (χ1v) is 7.45. The van der Waals surface area contributed by atoms with Crippen molar-refractivity contribution in [2.24, 2.45) is 0 Å². The average molecular weight is 319 g/mol. The lowest BCUT2D eigenvalue weighted by Crippen LogP contribution is -2.01. The van der Waals surface area contributed by atoms with Crippen LogP contribution in [0.15, 0.2) is 34.9 Å². The fourth-order valence-electron chi connectivity index (χ4n) is 2.14. The van der Waals surface area contributed by atoms with Crippen molar-refractivity contribution in [3.63, 3.8) is 0 Å². The van der Waals surface area contributed by atoms with Crippen molar-refractivity contribution in [2.75, 3.05) is 5.32 Å². The van der Waals surface area contributed by atoms with E-state index in [1.54, 1.807) is 0 Å². The van der Waals surface area contributed by atoms with E-state index >= 15 is 0 Å². The molecule has 0 aliphatic carbocycles. The fraction of sp³-hybridized carbons (Fsp3) is 0.312. The minimum atomic E-state index is 0.899. The largest absolute Gasteiger partial charge is 0.340 e. The average Bonchev–Trinajstić information content (AvgIpc) is 2.43. The second-order valence-corrected chi connectivity index (χ2v) is 5.46. The molecule has 0 saturated carbocycles. The third-order valence-electron chi connectivity index (χ3n) is 3.30. The number of anilines is 2. The molecule has 19 heavy (non-hydrogen) atoms. The first-order chi connectivity index (χ1) is 9.15. The highest BCUT2D eigenvalue weighted by molar-refractivity contribution is 9.10. The molecule has 1 aromatic heterocycles. The molecule has 0 radical (unpaired) electrons. The summed E-state index contributed by atoms with van der Waals surface area (Å²) in [5, 5.41) is 3.48. The van der Waals surface area contributed by atoms with Gasteiger partial charge in [-0.1, -0.05) is 32.0 Å². The van der Waals surface area contributed by atoms with Gasteiger partial charge in [0, 0.05) is 16.4 Å². The summed E-state index contributed by atoms with van der Waals surface area (Å²) in [4.78, 5) is 4.43. The van der Waals surface area contributed by atoms with Crippen molar-refractivity contribution in [3.8, 4) is 0 Å². The Morgan fingerprint density at radius 3 is 2.32 bits per heavy atom. The van der Waals surface area contributed by atoms with Crippen LogP contribution in [0.25, 0.3) is 0 Å². The molecule has 0 spiro atoms. The van der Waals surface area contributed by atoms with E-state index in [2.05, 4.69) is 71.3 Å². The molecule has 3 heteroatoms. The molecule has 0 bridgehead atoms. The predicted octanol–water partition coefficient (Wildman–Crippen LogP) is 5.02. The van der Waals surface area contributed by atoms with Gasteiger partial charge in [-0.3, -0.25) is 0 Å². The molecular weight excluding hydrogens is 300 g/mol. The second-order valence-electron chi connectivity index (χ2n) is 4.60. The standard InChI is InChI=1S/C16H19BrN2/c1-4-12-7-6-8-13(5-2)16(12)19-15-9-11(3)14(17)10-18-15/h6-10H,4-5H2,1-3H3,(H,18,19). The van der Waals surface area contributed by atoms with Crippen molar-refractivity contribution >= 4 is 27.4 Å². The van der Waals surface area contributed by atoms with Crippen molar-refractivity contribution in [1.29, 1.82) is 0 Å². The van der Waals surface area contributed by atoms with E-state index in [4.69, 9.17) is 0 Å². The SMILES string of the molecule is CCc1cccc(CC)c1Nc1cc(C)c(Br)cn1. The number of pyridine rings is 1. The van der Waals surface area contributed by atoms with Crippen molar-refractivity contribution < 1.29 is 0 Å².